The Morgan fingerprint density at radius 2 is 1.95 bits per heavy atom. The van der Waals surface area contributed by atoms with Gasteiger partial charge in [-0.25, -0.2) is 4.39 Å². The van der Waals surface area contributed by atoms with Crippen molar-refractivity contribution in [2.24, 2.45) is 0 Å². The van der Waals surface area contributed by atoms with Crippen molar-refractivity contribution >= 4 is 23.4 Å². The zero-order chi connectivity index (χ0) is 15.1. The molecule has 1 aliphatic rings. The third-order valence-corrected chi connectivity index (χ3v) is 4.67. The van der Waals surface area contributed by atoms with Crippen LogP contribution in [0.5, 0.6) is 0 Å². The van der Waals surface area contributed by atoms with Crippen molar-refractivity contribution in [1.29, 1.82) is 0 Å². The van der Waals surface area contributed by atoms with Crippen molar-refractivity contribution in [2.45, 2.75) is 29.7 Å². The number of halogens is 1. The standard InChI is InChI=1S/C16H14FNO2S/c1-8-3-4-13(9(2)5-8)21-14-7-12-10(6-11(14)17)15(19)16(20)18-12/h3-7,15,19H,1-2H3,(H,18,20). The number of aliphatic hydroxyl groups is 1. The number of hydrogen-bond donors (Lipinski definition) is 2. The molecule has 0 saturated carbocycles. The fourth-order valence-electron chi connectivity index (χ4n) is 2.36. The van der Waals surface area contributed by atoms with Gasteiger partial charge in [-0.2, -0.15) is 0 Å². The molecule has 2 N–H and O–H groups in total. The van der Waals surface area contributed by atoms with Crippen LogP contribution in [0.25, 0.3) is 0 Å². The molecule has 3 nitrogen and oxygen atoms in total. The molecule has 0 aliphatic carbocycles. The van der Waals surface area contributed by atoms with Crippen LogP contribution in [0.4, 0.5) is 10.1 Å². The van der Waals surface area contributed by atoms with E-state index in [0.717, 1.165) is 16.0 Å². The van der Waals surface area contributed by atoms with Crippen LogP contribution in [-0.4, -0.2) is 11.0 Å². The first-order valence-corrected chi connectivity index (χ1v) is 7.35. The summed E-state index contributed by atoms with van der Waals surface area (Å²) in [6, 6.07) is 8.77. The summed E-state index contributed by atoms with van der Waals surface area (Å²) in [5, 5.41) is 12.2. The Morgan fingerprint density at radius 3 is 2.67 bits per heavy atom. The van der Waals surface area contributed by atoms with Crippen LogP contribution in [0, 0.1) is 19.7 Å². The molecule has 2 aromatic carbocycles. The first kappa shape index (κ1) is 14.1. The predicted molar refractivity (Wildman–Crippen MR) is 80.0 cm³/mol. The average molecular weight is 303 g/mol. The molecule has 108 valence electrons. The number of rotatable bonds is 2. The normalized spacial score (nSPS) is 16.8. The summed E-state index contributed by atoms with van der Waals surface area (Å²) in [7, 11) is 0. The zero-order valence-electron chi connectivity index (χ0n) is 11.6. The van der Waals surface area contributed by atoms with Gasteiger partial charge >= 0.3 is 0 Å². The van der Waals surface area contributed by atoms with Gasteiger partial charge in [-0.15, -0.1) is 0 Å². The van der Waals surface area contributed by atoms with Crippen LogP contribution in [-0.2, 0) is 4.79 Å². The summed E-state index contributed by atoms with van der Waals surface area (Å²) >= 11 is 1.31. The van der Waals surface area contributed by atoms with E-state index in [9.17, 15) is 14.3 Å². The second-order valence-electron chi connectivity index (χ2n) is 5.13. The van der Waals surface area contributed by atoms with Crippen molar-refractivity contribution in [3.63, 3.8) is 0 Å². The number of nitrogens with one attached hydrogen (secondary N) is 1. The van der Waals surface area contributed by atoms with Crippen LogP contribution in [0.3, 0.4) is 0 Å². The Hall–Kier alpha value is -1.85. The van der Waals surface area contributed by atoms with Gasteiger partial charge in [0.1, 0.15) is 5.82 Å². The number of fused-ring (bicyclic) bond motifs is 1. The van der Waals surface area contributed by atoms with E-state index in [1.807, 2.05) is 32.0 Å². The summed E-state index contributed by atoms with van der Waals surface area (Å²) in [6.45, 7) is 3.99. The highest BCUT2D eigenvalue weighted by Crippen LogP contribution is 2.39. The molecule has 0 fully saturated rings. The third-order valence-electron chi connectivity index (χ3n) is 3.46. The molecule has 1 heterocycles. The number of carbonyl (C=O) groups excluding carboxylic acids is 1. The molecule has 0 spiro atoms. The Balaban J connectivity index is 1.97. The van der Waals surface area contributed by atoms with Gasteiger partial charge in [0.05, 0.1) is 4.90 Å². The van der Waals surface area contributed by atoms with Gasteiger partial charge in [-0.05, 0) is 37.6 Å². The molecular formula is C16H14FNO2S. The van der Waals surface area contributed by atoms with E-state index in [-0.39, 0.29) is 0 Å². The van der Waals surface area contributed by atoms with Crippen LogP contribution >= 0.6 is 11.8 Å². The van der Waals surface area contributed by atoms with Crippen LogP contribution in [0.2, 0.25) is 0 Å². The number of aryl methyl sites for hydroxylation is 2. The van der Waals surface area contributed by atoms with Crippen molar-refractivity contribution in [3.05, 3.63) is 52.8 Å². The van der Waals surface area contributed by atoms with E-state index in [0.29, 0.717) is 16.1 Å². The number of carbonyl (C=O) groups is 1. The molecule has 0 bridgehead atoms. The fraction of sp³-hybridized carbons (Fsp3) is 0.188. The summed E-state index contributed by atoms with van der Waals surface area (Å²) in [6.07, 6.45) is -1.28. The van der Waals surface area contributed by atoms with Gasteiger partial charge in [0, 0.05) is 16.1 Å². The van der Waals surface area contributed by atoms with Gasteiger partial charge in [-0.1, -0.05) is 29.5 Å². The lowest BCUT2D eigenvalue weighted by Crippen LogP contribution is -2.10. The smallest absolute Gasteiger partial charge is 0.257 e. The number of amides is 1. The minimum atomic E-state index is -1.28. The number of anilines is 1. The van der Waals surface area contributed by atoms with Crippen molar-refractivity contribution < 1.29 is 14.3 Å². The minimum absolute atomic E-state index is 0.294. The summed E-state index contributed by atoms with van der Waals surface area (Å²) in [4.78, 5) is 12.8. The van der Waals surface area contributed by atoms with Gasteiger partial charge < -0.3 is 10.4 Å². The third kappa shape index (κ3) is 2.54. The second-order valence-corrected chi connectivity index (χ2v) is 6.22. The molecule has 1 unspecified atom stereocenters. The van der Waals surface area contributed by atoms with Gasteiger partial charge in [0.2, 0.25) is 0 Å². The molecule has 0 radical (unpaired) electrons. The maximum absolute atomic E-state index is 14.2. The maximum Gasteiger partial charge on any atom is 0.257 e. The quantitative estimate of drug-likeness (QED) is 0.891. The van der Waals surface area contributed by atoms with E-state index < -0.39 is 17.8 Å². The molecule has 1 amide bonds. The minimum Gasteiger partial charge on any atom is -0.378 e. The summed E-state index contributed by atoms with van der Waals surface area (Å²) in [5.41, 5.74) is 2.99. The Kier molecular flexibility index (Phi) is 3.47. The average Bonchev–Trinajstić information content (AvgIpc) is 2.69. The fourth-order valence-corrected chi connectivity index (χ4v) is 3.28. The molecular weight excluding hydrogens is 289 g/mol. The zero-order valence-corrected chi connectivity index (χ0v) is 12.4. The van der Waals surface area contributed by atoms with E-state index in [1.165, 1.54) is 17.8 Å². The van der Waals surface area contributed by atoms with Crippen molar-refractivity contribution in [3.8, 4) is 0 Å². The number of benzene rings is 2. The topological polar surface area (TPSA) is 49.3 Å². The second kappa shape index (κ2) is 5.16. The van der Waals surface area contributed by atoms with Crippen LogP contribution < -0.4 is 5.32 Å². The molecule has 5 heteroatoms. The van der Waals surface area contributed by atoms with E-state index in [4.69, 9.17) is 0 Å². The van der Waals surface area contributed by atoms with E-state index in [1.54, 1.807) is 6.07 Å². The number of aliphatic hydroxyl groups excluding tert-OH is 1. The number of hydrogen-bond acceptors (Lipinski definition) is 3. The molecule has 21 heavy (non-hydrogen) atoms. The Morgan fingerprint density at radius 1 is 1.19 bits per heavy atom. The van der Waals surface area contributed by atoms with Gasteiger partial charge in [0.25, 0.3) is 5.91 Å². The molecule has 3 rings (SSSR count). The summed E-state index contributed by atoms with van der Waals surface area (Å²) < 4.78 is 14.2. The van der Waals surface area contributed by atoms with Crippen LogP contribution in [0.15, 0.2) is 40.1 Å². The van der Waals surface area contributed by atoms with Crippen molar-refractivity contribution in [1.82, 2.24) is 0 Å². The lowest BCUT2D eigenvalue weighted by atomic mass is 10.1. The highest BCUT2D eigenvalue weighted by Gasteiger charge is 2.30. The van der Waals surface area contributed by atoms with E-state index in [2.05, 4.69) is 5.32 Å². The Bertz CT molecular complexity index is 745. The Labute approximate surface area is 126 Å². The SMILES string of the molecule is Cc1ccc(Sc2cc3c(cc2F)C(O)C(=O)N3)c(C)c1. The first-order valence-electron chi connectivity index (χ1n) is 6.53. The van der Waals surface area contributed by atoms with Gasteiger partial charge in [0.15, 0.2) is 6.10 Å². The van der Waals surface area contributed by atoms with Crippen molar-refractivity contribution in [2.75, 3.05) is 5.32 Å². The largest absolute Gasteiger partial charge is 0.378 e. The maximum atomic E-state index is 14.2. The molecule has 0 aromatic heterocycles. The lowest BCUT2D eigenvalue weighted by Gasteiger charge is -2.09. The highest BCUT2D eigenvalue weighted by molar-refractivity contribution is 7.99. The molecule has 1 atom stereocenters. The van der Waals surface area contributed by atoms with E-state index >= 15 is 0 Å². The summed E-state index contributed by atoms with van der Waals surface area (Å²) in [5.74, 6) is -0.952. The highest BCUT2D eigenvalue weighted by atomic mass is 32.2. The molecule has 0 saturated heterocycles. The molecule has 1 aliphatic heterocycles. The van der Waals surface area contributed by atoms with Gasteiger partial charge in [-0.3, -0.25) is 4.79 Å². The predicted octanol–water partition coefficient (Wildman–Crippen LogP) is 3.58. The lowest BCUT2D eigenvalue weighted by molar-refractivity contribution is -0.123. The first-order chi connectivity index (χ1) is 9.95. The molecule has 2 aromatic rings. The monoisotopic (exact) mass is 303 g/mol. The van der Waals surface area contributed by atoms with Crippen LogP contribution in [0.1, 0.15) is 22.8 Å².